The first-order valence-corrected chi connectivity index (χ1v) is 12.0. The third-order valence-electron chi connectivity index (χ3n) is 10.5. The second-order valence-corrected chi connectivity index (χ2v) is 11.4. The van der Waals surface area contributed by atoms with Crippen LogP contribution in [-0.4, -0.2) is 46.5 Å². The molecule has 2 N–H and O–H groups in total. The number of hydrogen-bond donors (Lipinski definition) is 2. The highest BCUT2D eigenvalue weighted by atomic mass is 16.3. The van der Waals surface area contributed by atoms with Crippen molar-refractivity contribution in [1.29, 1.82) is 0 Å². The normalized spacial score (nSPS) is 56.2. The highest BCUT2D eigenvalue weighted by Crippen LogP contribution is 2.66. The van der Waals surface area contributed by atoms with Crippen molar-refractivity contribution in [3.8, 4) is 0 Å². The Morgan fingerprint density at radius 1 is 0.815 bits per heavy atom. The van der Waals surface area contributed by atoms with Crippen LogP contribution in [0.4, 0.5) is 0 Å². The molecule has 0 aromatic rings. The van der Waals surface area contributed by atoms with Crippen molar-refractivity contribution in [2.24, 2.45) is 34.5 Å². The highest BCUT2D eigenvalue weighted by molar-refractivity contribution is 5.13. The lowest BCUT2D eigenvalue weighted by molar-refractivity contribution is -0.169. The molecule has 3 nitrogen and oxygen atoms in total. The van der Waals surface area contributed by atoms with E-state index in [0.717, 1.165) is 37.0 Å². The third kappa shape index (κ3) is 2.70. The molecule has 0 spiro atoms. The van der Waals surface area contributed by atoms with E-state index in [1.54, 1.807) is 0 Å². The zero-order valence-electron chi connectivity index (χ0n) is 17.6. The van der Waals surface area contributed by atoms with Gasteiger partial charge >= 0.3 is 0 Å². The zero-order chi connectivity index (χ0) is 18.8. The van der Waals surface area contributed by atoms with E-state index in [9.17, 15) is 10.2 Å². The molecular formula is C24H41NO2. The minimum absolute atomic E-state index is 0.0694. The van der Waals surface area contributed by atoms with Crippen molar-refractivity contribution in [1.82, 2.24) is 4.90 Å². The van der Waals surface area contributed by atoms with Crippen molar-refractivity contribution in [2.75, 3.05) is 13.1 Å². The van der Waals surface area contributed by atoms with Gasteiger partial charge in [-0.05, 0) is 112 Å². The molecule has 0 aromatic heterocycles. The van der Waals surface area contributed by atoms with Crippen LogP contribution in [0.1, 0.15) is 84.5 Å². The number of hydrogen-bond acceptors (Lipinski definition) is 3. The molecule has 4 saturated carbocycles. The Kier molecular flexibility index (Phi) is 4.69. The van der Waals surface area contributed by atoms with Gasteiger partial charge in [0.2, 0.25) is 0 Å². The molecule has 154 valence electrons. The van der Waals surface area contributed by atoms with Crippen LogP contribution in [0, 0.1) is 34.5 Å². The Morgan fingerprint density at radius 3 is 2.37 bits per heavy atom. The fourth-order valence-corrected chi connectivity index (χ4v) is 9.04. The molecule has 9 atom stereocenters. The van der Waals surface area contributed by atoms with Crippen LogP contribution in [0.2, 0.25) is 0 Å². The van der Waals surface area contributed by atoms with Gasteiger partial charge in [-0.1, -0.05) is 20.3 Å². The summed E-state index contributed by atoms with van der Waals surface area (Å²) in [5.41, 5.74) is 0.549. The van der Waals surface area contributed by atoms with E-state index in [1.165, 1.54) is 64.5 Å². The van der Waals surface area contributed by atoms with Crippen LogP contribution in [-0.2, 0) is 0 Å². The molecule has 1 heterocycles. The van der Waals surface area contributed by atoms with Gasteiger partial charge in [0.05, 0.1) is 12.2 Å². The summed E-state index contributed by atoms with van der Waals surface area (Å²) in [7, 11) is 0. The van der Waals surface area contributed by atoms with E-state index in [0.29, 0.717) is 17.4 Å². The average molecular weight is 376 g/mol. The van der Waals surface area contributed by atoms with Gasteiger partial charge in [-0.2, -0.15) is 0 Å². The molecule has 0 radical (unpaired) electrons. The molecule has 1 aliphatic heterocycles. The monoisotopic (exact) mass is 375 g/mol. The Balaban J connectivity index is 1.48. The summed E-state index contributed by atoms with van der Waals surface area (Å²) in [4.78, 5) is 2.79. The Morgan fingerprint density at radius 2 is 1.59 bits per heavy atom. The van der Waals surface area contributed by atoms with Gasteiger partial charge in [0.25, 0.3) is 0 Å². The van der Waals surface area contributed by atoms with Gasteiger partial charge in [0.1, 0.15) is 0 Å². The summed E-state index contributed by atoms with van der Waals surface area (Å²) < 4.78 is 0. The van der Waals surface area contributed by atoms with E-state index in [1.807, 2.05) is 0 Å². The number of likely N-dealkylation sites (tertiary alicyclic amines) is 1. The lowest BCUT2D eigenvalue weighted by Crippen LogP contribution is -2.64. The molecule has 4 aliphatic carbocycles. The van der Waals surface area contributed by atoms with Gasteiger partial charge in [0.15, 0.2) is 0 Å². The molecule has 0 aromatic carbocycles. The van der Waals surface area contributed by atoms with Crippen molar-refractivity contribution in [3.05, 3.63) is 0 Å². The fourth-order valence-electron chi connectivity index (χ4n) is 9.04. The summed E-state index contributed by atoms with van der Waals surface area (Å²) in [6, 6.07) is 0.579. The maximum Gasteiger partial charge on any atom is 0.0596 e. The molecule has 5 rings (SSSR count). The molecule has 1 saturated heterocycles. The first kappa shape index (κ1) is 18.9. The Hall–Kier alpha value is -0.120. The molecule has 0 bridgehead atoms. The van der Waals surface area contributed by atoms with Crippen molar-refractivity contribution in [3.63, 3.8) is 0 Å². The van der Waals surface area contributed by atoms with Gasteiger partial charge in [-0.3, -0.25) is 4.90 Å². The number of aliphatic hydroxyl groups is 2. The lowest BCUT2D eigenvalue weighted by Gasteiger charge is -2.64. The number of aliphatic hydroxyl groups excluding tert-OH is 2. The molecular weight excluding hydrogens is 334 g/mol. The van der Waals surface area contributed by atoms with E-state index >= 15 is 0 Å². The summed E-state index contributed by atoms with van der Waals surface area (Å²) in [6.07, 6.45) is 13.4. The van der Waals surface area contributed by atoms with Crippen molar-refractivity contribution < 1.29 is 10.2 Å². The maximum absolute atomic E-state index is 10.7. The molecule has 5 aliphatic rings. The smallest absolute Gasteiger partial charge is 0.0596 e. The van der Waals surface area contributed by atoms with Gasteiger partial charge in [-0.15, -0.1) is 0 Å². The topological polar surface area (TPSA) is 43.7 Å². The summed E-state index contributed by atoms with van der Waals surface area (Å²) in [5.74, 6) is 3.05. The first-order chi connectivity index (χ1) is 12.9. The van der Waals surface area contributed by atoms with Crippen LogP contribution in [0.3, 0.4) is 0 Å². The van der Waals surface area contributed by atoms with Crippen LogP contribution in [0.15, 0.2) is 0 Å². The summed E-state index contributed by atoms with van der Waals surface area (Å²) in [6.45, 7) is 7.52. The van der Waals surface area contributed by atoms with Crippen LogP contribution >= 0.6 is 0 Å². The van der Waals surface area contributed by atoms with Crippen LogP contribution < -0.4 is 0 Å². The van der Waals surface area contributed by atoms with E-state index in [4.69, 9.17) is 0 Å². The predicted octanol–water partition coefficient (Wildman–Crippen LogP) is 4.22. The van der Waals surface area contributed by atoms with Crippen molar-refractivity contribution in [2.45, 2.75) is 103 Å². The summed E-state index contributed by atoms with van der Waals surface area (Å²) >= 11 is 0. The maximum atomic E-state index is 10.7. The number of nitrogens with zero attached hydrogens (tertiary/aromatic N) is 1. The summed E-state index contributed by atoms with van der Waals surface area (Å²) in [5, 5.41) is 21.4. The van der Waals surface area contributed by atoms with Crippen molar-refractivity contribution >= 4 is 0 Å². The van der Waals surface area contributed by atoms with Gasteiger partial charge < -0.3 is 10.2 Å². The zero-order valence-corrected chi connectivity index (χ0v) is 17.6. The lowest BCUT2D eigenvalue weighted by atomic mass is 9.43. The van der Waals surface area contributed by atoms with Gasteiger partial charge in [-0.25, -0.2) is 0 Å². The number of rotatable bonds is 1. The second-order valence-electron chi connectivity index (χ2n) is 11.4. The molecule has 0 amide bonds. The second kappa shape index (κ2) is 6.71. The molecule has 5 fully saturated rings. The first-order valence-electron chi connectivity index (χ1n) is 12.0. The van der Waals surface area contributed by atoms with E-state index in [2.05, 4.69) is 18.7 Å². The Labute approximate surface area is 165 Å². The van der Waals surface area contributed by atoms with E-state index < -0.39 is 0 Å². The predicted molar refractivity (Wildman–Crippen MR) is 108 cm³/mol. The highest BCUT2D eigenvalue weighted by Gasteiger charge is 2.62. The van der Waals surface area contributed by atoms with Gasteiger partial charge in [0, 0.05) is 6.04 Å². The molecule has 3 heteroatoms. The quantitative estimate of drug-likeness (QED) is 0.721. The van der Waals surface area contributed by atoms with E-state index in [-0.39, 0.29) is 17.6 Å². The standard InChI is InChI=1S/C24H41NO2/c1-23-11-10-20-18(19(23)8-9-22(23)27)7-6-16-14-17(26)15-21(24(16,20)2)25-12-4-3-5-13-25/h16-22,26-27H,3-15H2,1-2H3/t16-,17-,18-,19-,20-,21?,22-,23-,24-/m0/s1. The molecule has 1 unspecified atom stereocenters. The number of piperidine rings is 1. The minimum Gasteiger partial charge on any atom is -0.393 e. The SMILES string of the molecule is C[C@]12CC[C@H]3[C@@H](CC[C@H]4C[C@H](O)CC(N5CCCCC5)[C@@]43C)[C@@H]1CC[C@@H]2O. The number of fused-ring (bicyclic) bond motifs is 5. The van der Waals surface area contributed by atoms with Crippen LogP contribution in [0.5, 0.6) is 0 Å². The Bertz CT molecular complexity index is 561. The van der Waals surface area contributed by atoms with Crippen LogP contribution in [0.25, 0.3) is 0 Å². The third-order valence-corrected chi connectivity index (χ3v) is 10.5. The minimum atomic E-state index is -0.0892. The fraction of sp³-hybridized carbons (Fsp3) is 1.00. The average Bonchev–Trinajstić information content (AvgIpc) is 2.97. The largest absolute Gasteiger partial charge is 0.393 e. The molecule has 27 heavy (non-hydrogen) atoms.